The third-order valence-electron chi connectivity index (χ3n) is 6.92. The number of nitrogens with zero attached hydrogens (tertiary/aromatic N) is 3. The van der Waals surface area contributed by atoms with E-state index in [1.807, 2.05) is 0 Å². The molecule has 0 saturated carbocycles. The summed E-state index contributed by atoms with van der Waals surface area (Å²) in [5.74, 6) is 1.45. The van der Waals surface area contributed by atoms with E-state index in [1.165, 1.54) is 27.8 Å². The average Bonchev–Trinajstić information content (AvgIpc) is 3.34. The molecular formula is C30H28N3O+. The van der Waals surface area contributed by atoms with Crippen LogP contribution < -0.4 is 4.57 Å². The van der Waals surface area contributed by atoms with Crippen LogP contribution in [-0.4, -0.2) is 9.55 Å². The summed E-state index contributed by atoms with van der Waals surface area (Å²) in [7, 11) is 2.14. The van der Waals surface area contributed by atoms with Gasteiger partial charge in [0.2, 0.25) is 5.71 Å². The van der Waals surface area contributed by atoms with E-state index in [0.717, 1.165) is 33.4 Å². The van der Waals surface area contributed by atoms with Crippen molar-refractivity contribution in [1.29, 1.82) is 0 Å². The summed E-state index contributed by atoms with van der Waals surface area (Å²) in [6.07, 6.45) is 0. The molecule has 0 N–H and O–H groups in total. The number of imidazole rings is 1. The van der Waals surface area contributed by atoms with Gasteiger partial charge in [-0.3, -0.25) is 0 Å². The van der Waals surface area contributed by atoms with E-state index in [9.17, 15) is 0 Å². The van der Waals surface area contributed by atoms with Gasteiger partial charge >= 0.3 is 0 Å². The van der Waals surface area contributed by atoms with E-state index >= 15 is 0 Å². The number of rotatable bonds is 3. The Hall–Kier alpha value is -3.92. The van der Waals surface area contributed by atoms with Crippen LogP contribution in [0.2, 0.25) is 0 Å². The summed E-state index contributed by atoms with van der Waals surface area (Å²) in [5, 5.41) is 2.15. The molecule has 0 spiro atoms. The maximum absolute atomic E-state index is 6.54. The van der Waals surface area contributed by atoms with Crippen LogP contribution in [0.1, 0.15) is 36.6 Å². The second kappa shape index (κ2) is 7.56. The molecule has 0 fully saturated rings. The van der Waals surface area contributed by atoms with Crippen LogP contribution in [0, 0.1) is 13.8 Å². The highest BCUT2D eigenvalue weighted by Crippen LogP contribution is 2.39. The molecule has 6 aromatic rings. The fraction of sp³-hybridized carbons (Fsp3) is 0.200. The Kier molecular flexibility index (Phi) is 4.59. The minimum Gasteiger partial charge on any atom is -0.437 e. The Morgan fingerprint density at radius 1 is 0.824 bits per heavy atom. The van der Waals surface area contributed by atoms with Crippen LogP contribution in [-0.2, 0) is 7.05 Å². The highest BCUT2D eigenvalue weighted by Gasteiger charge is 2.30. The minimum atomic E-state index is 0.347. The van der Waals surface area contributed by atoms with Gasteiger partial charge < -0.3 is 4.42 Å². The molecule has 0 radical (unpaired) electrons. The van der Waals surface area contributed by atoms with Crippen molar-refractivity contribution in [2.24, 2.45) is 7.05 Å². The number of para-hydroxylation sites is 3. The number of pyridine rings is 1. The summed E-state index contributed by atoms with van der Waals surface area (Å²) in [5.41, 5.74) is 9.64. The van der Waals surface area contributed by atoms with Crippen molar-refractivity contribution in [2.75, 3.05) is 0 Å². The fourth-order valence-corrected chi connectivity index (χ4v) is 5.09. The molecule has 0 aliphatic carbocycles. The maximum Gasteiger partial charge on any atom is 0.298 e. The lowest BCUT2D eigenvalue weighted by atomic mass is 10.0. The molecule has 3 aromatic carbocycles. The van der Waals surface area contributed by atoms with E-state index < -0.39 is 0 Å². The quantitative estimate of drug-likeness (QED) is 0.270. The number of aromatic nitrogens is 3. The molecule has 0 unspecified atom stereocenters. The van der Waals surface area contributed by atoms with Gasteiger partial charge in [-0.25, -0.2) is 9.55 Å². The first-order valence-electron chi connectivity index (χ1n) is 11.8. The van der Waals surface area contributed by atoms with Crippen LogP contribution in [0.3, 0.4) is 0 Å². The predicted molar refractivity (Wildman–Crippen MR) is 139 cm³/mol. The smallest absolute Gasteiger partial charge is 0.298 e. The second-order valence-electron chi connectivity index (χ2n) is 9.47. The summed E-state index contributed by atoms with van der Waals surface area (Å²) in [4.78, 5) is 4.86. The van der Waals surface area contributed by atoms with Gasteiger partial charge in [0, 0.05) is 16.5 Å². The lowest BCUT2D eigenvalue weighted by Gasteiger charge is -2.09. The van der Waals surface area contributed by atoms with E-state index in [1.54, 1.807) is 0 Å². The molecule has 0 aliphatic heterocycles. The van der Waals surface area contributed by atoms with Crippen molar-refractivity contribution < 1.29 is 8.98 Å². The molecular weight excluding hydrogens is 418 g/mol. The van der Waals surface area contributed by atoms with Gasteiger partial charge in [0.05, 0.1) is 7.05 Å². The first-order chi connectivity index (χ1) is 16.5. The fourth-order valence-electron chi connectivity index (χ4n) is 5.09. The zero-order chi connectivity index (χ0) is 23.6. The Morgan fingerprint density at radius 2 is 1.56 bits per heavy atom. The number of fused-ring (bicyclic) bond motifs is 4. The summed E-state index contributed by atoms with van der Waals surface area (Å²) in [6.45, 7) is 8.65. The number of furan rings is 1. The first-order valence-corrected chi connectivity index (χ1v) is 11.8. The molecule has 0 saturated heterocycles. The van der Waals surface area contributed by atoms with Gasteiger partial charge in [-0.2, -0.15) is 4.57 Å². The first kappa shape index (κ1) is 20.7. The van der Waals surface area contributed by atoms with Crippen LogP contribution in [0.5, 0.6) is 0 Å². The lowest BCUT2D eigenvalue weighted by molar-refractivity contribution is -0.633. The molecule has 0 atom stereocenters. The molecule has 4 nitrogen and oxygen atoms in total. The Morgan fingerprint density at radius 3 is 2.35 bits per heavy atom. The van der Waals surface area contributed by atoms with Gasteiger partial charge in [-0.1, -0.05) is 56.3 Å². The highest BCUT2D eigenvalue weighted by atomic mass is 16.3. The SMILES string of the molecule is Cc1ccccc1-n1c(-c2c(C)ccc3c2oc2nc(C(C)C)ccc23)[n+](C)c2ccccc21. The van der Waals surface area contributed by atoms with E-state index in [0.29, 0.717) is 11.6 Å². The minimum absolute atomic E-state index is 0.347. The zero-order valence-electron chi connectivity index (χ0n) is 20.3. The molecule has 0 amide bonds. The monoisotopic (exact) mass is 446 g/mol. The second-order valence-corrected chi connectivity index (χ2v) is 9.47. The molecule has 6 rings (SSSR count). The van der Waals surface area contributed by atoms with E-state index in [2.05, 4.69) is 117 Å². The van der Waals surface area contributed by atoms with E-state index in [4.69, 9.17) is 9.40 Å². The summed E-state index contributed by atoms with van der Waals surface area (Å²) >= 11 is 0. The van der Waals surface area contributed by atoms with Crippen LogP contribution >= 0.6 is 0 Å². The van der Waals surface area contributed by atoms with Crippen molar-refractivity contribution in [3.05, 3.63) is 89.6 Å². The van der Waals surface area contributed by atoms with Crippen molar-refractivity contribution in [3.63, 3.8) is 0 Å². The standard InChI is InChI=1S/C30H28N3O/c1-18(2)23-17-16-22-21-15-14-20(4)27(28(21)34-29(22)31-23)30-32(5)25-12-8-9-13-26(25)33(30)24-11-7-6-10-19(24)3/h6-18H,1-5H3/q+1. The zero-order valence-corrected chi connectivity index (χ0v) is 20.3. The molecule has 34 heavy (non-hydrogen) atoms. The van der Waals surface area contributed by atoms with Gasteiger partial charge in [-0.15, -0.1) is 0 Å². The largest absolute Gasteiger partial charge is 0.437 e. The van der Waals surface area contributed by atoms with Crippen LogP contribution in [0.4, 0.5) is 0 Å². The predicted octanol–water partition coefficient (Wildman–Crippen LogP) is 7.16. The molecule has 0 bridgehead atoms. The molecule has 168 valence electrons. The van der Waals surface area contributed by atoms with Crippen molar-refractivity contribution >= 4 is 33.1 Å². The molecule has 4 heteroatoms. The van der Waals surface area contributed by atoms with Gasteiger partial charge in [0.15, 0.2) is 16.6 Å². The Labute approximate surface area is 199 Å². The number of aryl methyl sites for hydroxylation is 3. The van der Waals surface area contributed by atoms with Gasteiger partial charge in [0.1, 0.15) is 11.3 Å². The molecule has 3 aromatic heterocycles. The van der Waals surface area contributed by atoms with Crippen LogP contribution in [0.15, 0.2) is 77.2 Å². The topological polar surface area (TPSA) is 34.8 Å². The summed E-state index contributed by atoms with van der Waals surface area (Å²) < 4.78 is 11.2. The van der Waals surface area contributed by atoms with E-state index in [-0.39, 0.29) is 0 Å². The van der Waals surface area contributed by atoms with Crippen molar-refractivity contribution in [3.8, 4) is 17.1 Å². The molecule has 0 aliphatic rings. The van der Waals surface area contributed by atoms with Crippen molar-refractivity contribution in [1.82, 2.24) is 9.55 Å². The summed E-state index contributed by atoms with van der Waals surface area (Å²) in [6, 6.07) is 25.8. The lowest BCUT2D eigenvalue weighted by Crippen LogP contribution is -2.30. The number of hydrogen-bond acceptors (Lipinski definition) is 2. The number of benzene rings is 3. The highest BCUT2D eigenvalue weighted by molar-refractivity contribution is 6.09. The van der Waals surface area contributed by atoms with Crippen molar-refractivity contribution in [2.45, 2.75) is 33.6 Å². The average molecular weight is 447 g/mol. The van der Waals surface area contributed by atoms with Gasteiger partial charge in [0.25, 0.3) is 5.82 Å². The third kappa shape index (κ3) is 2.91. The number of hydrogen-bond donors (Lipinski definition) is 0. The van der Waals surface area contributed by atoms with Gasteiger partial charge in [-0.05, 0) is 61.2 Å². The van der Waals surface area contributed by atoms with Crippen LogP contribution in [0.25, 0.3) is 50.2 Å². The maximum atomic E-state index is 6.54. The third-order valence-corrected chi connectivity index (χ3v) is 6.92. The Bertz CT molecular complexity index is 1720. The normalized spacial score (nSPS) is 11.9. The molecule has 3 heterocycles. The Balaban J connectivity index is 1.77.